The molecule has 148 valence electrons. The summed E-state index contributed by atoms with van der Waals surface area (Å²) in [4.78, 5) is 12.9. The SMILES string of the molecule is CCC[CH2][Sn]([CH2]CCC)([CH2]CCC)/[C](=C/CCCCO)C(=O)OCC. The molecule has 0 aromatic heterocycles. The third-order valence-corrected chi connectivity index (χ3v) is 20.7. The standard InChI is InChI=1S/C9H15O3.3C4H9.Sn/c1-2-12-9(11)7-5-3-4-6-8-10;3*1-3-4-2;/h5,10H,2-4,6,8H2,1H3;3*1,3-4H2,2H3;. The Morgan fingerprint density at radius 1 is 0.880 bits per heavy atom. The van der Waals surface area contributed by atoms with Crippen molar-refractivity contribution in [2.45, 2.75) is 98.8 Å². The molecule has 0 aromatic carbocycles. The normalized spacial score (nSPS) is 12.4. The average molecular weight is 461 g/mol. The molecule has 0 amide bonds. The van der Waals surface area contributed by atoms with Crippen LogP contribution in [-0.2, 0) is 9.53 Å². The Bertz CT molecular complexity index is 344. The van der Waals surface area contributed by atoms with Gasteiger partial charge in [0, 0.05) is 0 Å². The molecule has 0 heterocycles. The molecule has 0 saturated heterocycles. The number of carbonyl (C=O) groups excluding carboxylic acids is 1. The van der Waals surface area contributed by atoms with Crippen molar-refractivity contribution < 1.29 is 14.6 Å². The number of rotatable bonds is 16. The molecule has 0 rings (SSSR count). The summed E-state index contributed by atoms with van der Waals surface area (Å²) in [6.07, 6.45) is 12.3. The van der Waals surface area contributed by atoms with E-state index in [0.29, 0.717) is 6.61 Å². The van der Waals surface area contributed by atoms with Crippen molar-refractivity contribution in [3.05, 3.63) is 9.67 Å². The molecule has 0 bridgehead atoms. The van der Waals surface area contributed by atoms with Gasteiger partial charge in [0.05, 0.1) is 0 Å². The maximum absolute atomic E-state index is 12.9. The van der Waals surface area contributed by atoms with Gasteiger partial charge < -0.3 is 0 Å². The number of carbonyl (C=O) groups is 1. The number of aliphatic hydroxyl groups excluding tert-OH is 1. The van der Waals surface area contributed by atoms with Gasteiger partial charge in [-0.05, 0) is 0 Å². The van der Waals surface area contributed by atoms with Crippen molar-refractivity contribution in [1.82, 2.24) is 0 Å². The first-order chi connectivity index (χ1) is 12.1. The van der Waals surface area contributed by atoms with Crippen LogP contribution < -0.4 is 0 Å². The van der Waals surface area contributed by atoms with E-state index in [2.05, 4.69) is 26.8 Å². The maximum atomic E-state index is 12.9. The third-order valence-electron chi connectivity index (χ3n) is 5.05. The van der Waals surface area contributed by atoms with E-state index in [1.807, 2.05) is 6.92 Å². The molecule has 0 spiro atoms. The third kappa shape index (κ3) is 10.0. The molecule has 0 aliphatic rings. The van der Waals surface area contributed by atoms with Gasteiger partial charge in [0.2, 0.25) is 0 Å². The molecule has 0 aliphatic carbocycles. The first-order valence-corrected chi connectivity index (χ1v) is 18.1. The zero-order chi connectivity index (χ0) is 19.0. The van der Waals surface area contributed by atoms with Gasteiger partial charge in [-0.2, -0.15) is 0 Å². The number of esters is 1. The molecule has 25 heavy (non-hydrogen) atoms. The van der Waals surface area contributed by atoms with Gasteiger partial charge in [0.25, 0.3) is 0 Å². The second-order valence-electron chi connectivity index (χ2n) is 7.15. The Kier molecular flexibility index (Phi) is 16.1. The van der Waals surface area contributed by atoms with E-state index in [4.69, 9.17) is 9.84 Å². The summed E-state index contributed by atoms with van der Waals surface area (Å²) in [7, 11) is 0. The Morgan fingerprint density at radius 2 is 1.40 bits per heavy atom. The van der Waals surface area contributed by atoms with Crippen molar-refractivity contribution in [1.29, 1.82) is 0 Å². The molecule has 0 saturated carbocycles. The first kappa shape index (κ1) is 25.0. The summed E-state index contributed by atoms with van der Waals surface area (Å²) in [5, 5.41) is 9.03. The van der Waals surface area contributed by atoms with Gasteiger partial charge in [0.15, 0.2) is 0 Å². The molecule has 4 heteroatoms. The van der Waals surface area contributed by atoms with Crippen molar-refractivity contribution in [2.24, 2.45) is 0 Å². The average Bonchev–Trinajstić information content (AvgIpc) is 2.62. The molecule has 3 nitrogen and oxygen atoms in total. The van der Waals surface area contributed by atoms with E-state index >= 15 is 0 Å². The van der Waals surface area contributed by atoms with E-state index < -0.39 is 18.4 Å². The van der Waals surface area contributed by atoms with Gasteiger partial charge >= 0.3 is 161 Å². The Labute approximate surface area is 160 Å². The van der Waals surface area contributed by atoms with Crippen molar-refractivity contribution in [3.63, 3.8) is 0 Å². The van der Waals surface area contributed by atoms with Crippen LogP contribution in [0.25, 0.3) is 0 Å². The monoisotopic (exact) mass is 462 g/mol. The molecular formula is C21H42O3Sn. The summed E-state index contributed by atoms with van der Waals surface area (Å²) >= 11 is -2.74. The Hall–Kier alpha value is -0.0313. The fourth-order valence-corrected chi connectivity index (χ4v) is 19.9. The minimum absolute atomic E-state index is 0.0226. The molecule has 0 aliphatic heterocycles. The van der Waals surface area contributed by atoms with Crippen LogP contribution in [-0.4, -0.2) is 42.7 Å². The fourth-order valence-electron chi connectivity index (χ4n) is 3.55. The van der Waals surface area contributed by atoms with E-state index in [9.17, 15) is 4.79 Å². The van der Waals surface area contributed by atoms with E-state index in [-0.39, 0.29) is 12.6 Å². The summed E-state index contributed by atoms with van der Waals surface area (Å²) in [5.41, 5.74) is 0. The zero-order valence-corrected chi connectivity index (χ0v) is 20.1. The summed E-state index contributed by atoms with van der Waals surface area (Å²) < 4.78 is 10.5. The molecule has 0 radical (unpaired) electrons. The van der Waals surface area contributed by atoms with Crippen LogP contribution in [0.15, 0.2) is 9.67 Å². The quantitative estimate of drug-likeness (QED) is 0.132. The van der Waals surface area contributed by atoms with Crippen molar-refractivity contribution in [3.8, 4) is 0 Å². The second-order valence-corrected chi connectivity index (χ2v) is 20.3. The number of allylic oxidation sites excluding steroid dienone is 1. The minimum atomic E-state index is -2.74. The van der Waals surface area contributed by atoms with E-state index in [0.717, 1.165) is 22.9 Å². The Morgan fingerprint density at radius 3 is 1.80 bits per heavy atom. The van der Waals surface area contributed by atoms with Gasteiger partial charge in [-0.25, -0.2) is 0 Å². The van der Waals surface area contributed by atoms with Crippen LogP contribution in [0.3, 0.4) is 0 Å². The van der Waals surface area contributed by atoms with Crippen LogP contribution >= 0.6 is 0 Å². The predicted octanol–water partition coefficient (Wildman–Crippen LogP) is 6.03. The number of hydrogen-bond acceptors (Lipinski definition) is 3. The van der Waals surface area contributed by atoms with Crippen LogP contribution in [0.2, 0.25) is 13.3 Å². The van der Waals surface area contributed by atoms with Gasteiger partial charge in [-0.15, -0.1) is 0 Å². The Balaban J connectivity index is 5.64. The molecule has 0 aromatic rings. The van der Waals surface area contributed by atoms with E-state index in [1.54, 1.807) is 0 Å². The first-order valence-electron chi connectivity index (χ1n) is 10.6. The summed E-state index contributed by atoms with van der Waals surface area (Å²) in [6.45, 7) is 9.37. The van der Waals surface area contributed by atoms with Gasteiger partial charge in [0.1, 0.15) is 0 Å². The predicted molar refractivity (Wildman–Crippen MR) is 111 cm³/mol. The molecule has 0 unspecified atom stereocenters. The van der Waals surface area contributed by atoms with Crippen LogP contribution in [0.4, 0.5) is 0 Å². The van der Waals surface area contributed by atoms with Crippen molar-refractivity contribution >= 4 is 24.3 Å². The molecular weight excluding hydrogens is 419 g/mol. The number of hydrogen-bond donors (Lipinski definition) is 1. The number of aliphatic hydroxyl groups is 1. The summed E-state index contributed by atoms with van der Waals surface area (Å²) in [6, 6.07) is 0. The second kappa shape index (κ2) is 16.2. The zero-order valence-electron chi connectivity index (χ0n) is 17.2. The van der Waals surface area contributed by atoms with Crippen LogP contribution in [0, 0.1) is 0 Å². The molecule has 0 fully saturated rings. The van der Waals surface area contributed by atoms with Crippen molar-refractivity contribution in [2.75, 3.05) is 13.2 Å². The van der Waals surface area contributed by atoms with E-state index in [1.165, 1.54) is 51.8 Å². The topological polar surface area (TPSA) is 46.5 Å². The fraction of sp³-hybridized carbons (Fsp3) is 0.857. The molecule has 0 atom stereocenters. The van der Waals surface area contributed by atoms with Crippen LogP contribution in [0.5, 0.6) is 0 Å². The van der Waals surface area contributed by atoms with Gasteiger partial charge in [-0.3, -0.25) is 0 Å². The summed E-state index contributed by atoms with van der Waals surface area (Å²) in [5.74, 6) is -0.0226. The number of unbranched alkanes of at least 4 members (excludes halogenated alkanes) is 5. The molecule has 1 N–H and O–H groups in total. The van der Waals surface area contributed by atoms with Crippen LogP contribution in [0.1, 0.15) is 85.5 Å². The van der Waals surface area contributed by atoms with Gasteiger partial charge in [-0.1, -0.05) is 0 Å². The number of ether oxygens (including phenoxy) is 1.